The molecule has 0 aliphatic carbocycles. The number of anilines is 1. The highest BCUT2D eigenvalue weighted by atomic mass is 16.5. The van der Waals surface area contributed by atoms with E-state index in [1.54, 1.807) is 19.1 Å². The lowest BCUT2D eigenvalue weighted by Crippen LogP contribution is -2.23. The first kappa shape index (κ1) is 10.5. The first-order valence-electron chi connectivity index (χ1n) is 5.01. The van der Waals surface area contributed by atoms with Gasteiger partial charge in [-0.05, 0) is 23.8 Å². The number of hydrogen-bond acceptors (Lipinski definition) is 3. The topological polar surface area (TPSA) is 53.3 Å². The molecule has 1 amide bonds. The molecule has 0 saturated carbocycles. The summed E-state index contributed by atoms with van der Waals surface area (Å²) in [4.78, 5) is 13.5. The highest BCUT2D eigenvalue weighted by Gasteiger charge is 2.35. The molecule has 1 aromatic rings. The van der Waals surface area contributed by atoms with Crippen LogP contribution in [0.25, 0.3) is 0 Å². The van der Waals surface area contributed by atoms with Crippen molar-refractivity contribution in [1.29, 1.82) is 5.26 Å². The molecule has 0 aromatic heterocycles. The molecule has 1 aliphatic rings. The molecule has 1 atom stereocenters. The maximum atomic E-state index is 11.9. The van der Waals surface area contributed by atoms with Crippen LogP contribution in [-0.4, -0.2) is 20.1 Å². The van der Waals surface area contributed by atoms with E-state index in [1.807, 2.05) is 18.2 Å². The zero-order chi connectivity index (χ0) is 11.7. The second kappa shape index (κ2) is 3.86. The van der Waals surface area contributed by atoms with Crippen molar-refractivity contribution in [3.05, 3.63) is 23.8 Å². The van der Waals surface area contributed by atoms with Crippen molar-refractivity contribution in [1.82, 2.24) is 0 Å². The van der Waals surface area contributed by atoms with Crippen molar-refractivity contribution in [2.75, 3.05) is 19.1 Å². The van der Waals surface area contributed by atoms with Gasteiger partial charge in [0.1, 0.15) is 5.75 Å². The van der Waals surface area contributed by atoms with Crippen LogP contribution < -0.4 is 9.64 Å². The van der Waals surface area contributed by atoms with Gasteiger partial charge in [-0.1, -0.05) is 0 Å². The molecule has 0 saturated heterocycles. The van der Waals surface area contributed by atoms with E-state index in [0.717, 1.165) is 11.3 Å². The van der Waals surface area contributed by atoms with E-state index < -0.39 is 0 Å². The van der Waals surface area contributed by atoms with Gasteiger partial charge in [-0.15, -0.1) is 0 Å². The zero-order valence-corrected chi connectivity index (χ0v) is 9.23. The molecule has 1 heterocycles. The van der Waals surface area contributed by atoms with Gasteiger partial charge < -0.3 is 9.64 Å². The minimum atomic E-state index is -0.347. The summed E-state index contributed by atoms with van der Waals surface area (Å²) in [5.41, 5.74) is 1.75. The van der Waals surface area contributed by atoms with E-state index in [-0.39, 0.29) is 18.2 Å². The standard InChI is InChI=1S/C12H12N2O2/c1-14-11-4-3-8(16-2)7-10(11)9(5-6-13)12(14)15/h3-4,7,9H,5H2,1-2H3/t9-/m1/s1. The number of ether oxygens (including phenoxy) is 1. The number of likely N-dealkylation sites (N-methyl/N-ethyl adjacent to an activating group) is 1. The van der Waals surface area contributed by atoms with Crippen LogP contribution in [0.15, 0.2) is 18.2 Å². The molecule has 82 valence electrons. The van der Waals surface area contributed by atoms with Gasteiger partial charge in [0.05, 0.1) is 25.5 Å². The Morgan fingerprint density at radius 1 is 1.56 bits per heavy atom. The lowest BCUT2D eigenvalue weighted by molar-refractivity contribution is -0.118. The predicted octanol–water partition coefficient (Wildman–Crippen LogP) is 1.67. The third-order valence-corrected chi connectivity index (χ3v) is 2.90. The summed E-state index contributed by atoms with van der Waals surface area (Å²) in [7, 11) is 3.31. The van der Waals surface area contributed by atoms with Crippen molar-refractivity contribution in [3.8, 4) is 11.8 Å². The van der Waals surface area contributed by atoms with E-state index in [2.05, 4.69) is 6.07 Å². The maximum absolute atomic E-state index is 11.9. The Labute approximate surface area is 94.0 Å². The van der Waals surface area contributed by atoms with E-state index in [9.17, 15) is 4.79 Å². The summed E-state index contributed by atoms with van der Waals surface area (Å²) in [6, 6.07) is 7.55. The van der Waals surface area contributed by atoms with Gasteiger partial charge in [0.2, 0.25) is 5.91 Å². The smallest absolute Gasteiger partial charge is 0.235 e. The summed E-state index contributed by atoms with van der Waals surface area (Å²) in [6.07, 6.45) is 0.212. The molecule has 0 unspecified atom stereocenters. The fourth-order valence-electron chi connectivity index (χ4n) is 2.02. The zero-order valence-electron chi connectivity index (χ0n) is 9.23. The first-order chi connectivity index (χ1) is 7.69. The number of methoxy groups -OCH3 is 1. The molecule has 2 rings (SSSR count). The lowest BCUT2D eigenvalue weighted by Gasteiger charge is -2.09. The van der Waals surface area contributed by atoms with Crippen molar-refractivity contribution < 1.29 is 9.53 Å². The Morgan fingerprint density at radius 2 is 2.31 bits per heavy atom. The van der Waals surface area contributed by atoms with Crippen molar-refractivity contribution in [2.45, 2.75) is 12.3 Å². The van der Waals surface area contributed by atoms with Crippen LogP contribution in [0.2, 0.25) is 0 Å². The Balaban J connectivity index is 2.49. The quantitative estimate of drug-likeness (QED) is 0.755. The van der Waals surface area contributed by atoms with Gasteiger partial charge in [0, 0.05) is 12.7 Å². The molecule has 4 nitrogen and oxygen atoms in total. The number of benzene rings is 1. The molecule has 16 heavy (non-hydrogen) atoms. The van der Waals surface area contributed by atoms with Gasteiger partial charge in [0.15, 0.2) is 0 Å². The monoisotopic (exact) mass is 216 g/mol. The van der Waals surface area contributed by atoms with Crippen LogP contribution in [0.4, 0.5) is 5.69 Å². The van der Waals surface area contributed by atoms with Crippen LogP contribution in [-0.2, 0) is 4.79 Å². The van der Waals surface area contributed by atoms with E-state index >= 15 is 0 Å². The minimum Gasteiger partial charge on any atom is -0.497 e. The van der Waals surface area contributed by atoms with Gasteiger partial charge in [0.25, 0.3) is 0 Å². The largest absolute Gasteiger partial charge is 0.497 e. The van der Waals surface area contributed by atoms with Crippen LogP contribution in [0, 0.1) is 11.3 Å². The second-order valence-electron chi connectivity index (χ2n) is 3.74. The summed E-state index contributed by atoms with van der Waals surface area (Å²) < 4.78 is 5.12. The molecule has 4 heteroatoms. The number of nitrogens with zero attached hydrogens (tertiary/aromatic N) is 2. The van der Waals surface area contributed by atoms with Gasteiger partial charge in [-0.25, -0.2) is 0 Å². The number of rotatable bonds is 2. The van der Waals surface area contributed by atoms with Crippen molar-refractivity contribution in [3.63, 3.8) is 0 Å². The number of amides is 1. The van der Waals surface area contributed by atoms with Crippen LogP contribution in [0.5, 0.6) is 5.75 Å². The predicted molar refractivity (Wildman–Crippen MR) is 59.4 cm³/mol. The summed E-state index contributed by atoms with van der Waals surface area (Å²) >= 11 is 0. The van der Waals surface area contributed by atoms with Crippen molar-refractivity contribution in [2.24, 2.45) is 0 Å². The van der Waals surface area contributed by atoms with Crippen LogP contribution in [0.1, 0.15) is 17.9 Å². The average molecular weight is 216 g/mol. The Morgan fingerprint density at radius 3 is 2.94 bits per heavy atom. The fraction of sp³-hybridized carbons (Fsp3) is 0.333. The molecular formula is C12H12N2O2. The van der Waals surface area contributed by atoms with Gasteiger partial charge >= 0.3 is 0 Å². The SMILES string of the molecule is COc1ccc2c(c1)[C@@H](CC#N)C(=O)N2C. The maximum Gasteiger partial charge on any atom is 0.235 e. The second-order valence-corrected chi connectivity index (χ2v) is 3.74. The molecular weight excluding hydrogens is 204 g/mol. The summed E-state index contributed by atoms with van der Waals surface area (Å²) in [5, 5.41) is 8.73. The molecule has 1 aromatic carbocycles. The molecule has 0 N–H and O–H groups in total. The molecule has 0 radical (unpaired) electrons. The van der Waals surface area contributed by atoms with Crippen LogP contribution in [0.3, 0.4) is 0 Å². The van der Waals surface area contributed by atoms with E-state index in [1.165, 1.54) is 0 Å². The Hall–Kier alpha value is -2.02. The fourth-order valence-corrected chi connectivity index (χ4v) is 2.02. The lowest BCUT2D eigenvalue weighted by atomic mass is 9.98. The van der Waals surface area contributed by atoms with E-state index in [0.29, 0.717) is 5.75 Å². The van der Waals surface area contributed by atoms with E-state index in [4.69, 9.17) is 10.00 Å². The Kier molecular flexibility index (Phi) is 2.53. The average Bonchev–Trinajstić information content (AvgIpc) is 2.54. The first-order valence-corrected chi connectivity index (χ1v) is 5.01. The van der Waals surface area contributed by atoms with Gasteiger partial charge in [-0.3, -0.25) is 4.79 Å². The highest BCUT2D eigenvalue weighted by Crippen LogP contribution is 2.39. The highest BCUT2D eigenvalue weighted by molar-refractivity contribution is 6.04. The number of carbonyl (C=O) groups excluding carboxylic acids is 1. The molecule has 0 fully saturated rings. The van der Waals surface area contributed by atoms with Crippen LogP contribution >= 0.6 is 0 Å². The number of carbonyl (C=O) groups is 1. The summed E-state index contributed by atoms with van der Waals surface area (Å²) in [6.45, 7) is 0. The number of nitriles is 1. The third-order valence-electron chi connectivity index (χ3n) is 2.90. The molecule has 0 spiro atoms. The van der Waals surface area contributed by atoms with Gasteiger partial charge in [-0.2, -0.15) is 5.26 Å². The number of hydrogen-bond donors (Lipinski definition) is 0. The minimum absolute atomic E-state index is 0.0233. The Bertz CT molecular complexity index is 476. The third kappa shape index (κ3) is 1.41. The van der Waals surface area contributed by atoms with Crippen molar-refractivity contribution >= 4 is 11.6 Å². The number of fused-ring (bicyclic) bond motifs is 1. The summed E-state index contributed by atoms with van der Waals surface area (Å²) in [5.74, 6) is 0.342. The molecule has 0 bridgehead atoms. The molecule has 1 aliphatic heterocycles. The normalized spacial score (nSPS) is 18.2.